The fourth-order valence-corrected chi connectivity index (χ4v) is 3.33. The third-order valence-corrected chi connectivity index (χ3v) is 5.02. The number of benzene rings is 2. The van der Waals surface area contributed by atoms with E-state index < -0.39 is 0 Å². The lowest BCUT2D eigenvalue weighted by Gasteiger charge is -2.09. The van der Waals surface area contributed by atoms with Crippen LogP contribution in [0.2, 0.25) is 5.02 Å². The Morgan fingerprint density at radius 3 is 2.70 bits per heavy atom. The van der Waals surface area contributed by atoms with Gasteiger partial charge in [-0.3, -0.25) is 0 Å². The molecule has 0 heterocycles. The maximum atomic E-state index is 6.39. The van der Waals surface area contributed by atoms with Gasteiger partial charge < -0.3 is 5.32 Å². The molecule has 1 saturated carbocycles. The molecule has 0 unspecified atom stereocenters. The molecule has 1 aliphatic rings. The van der Waals surface area contributed by atoms with Gasteiger partial charge in [0.1, 0.15) is 0 Å². The molecule has 1 nitrogen and oxygen atoms in total. The molecular weight excluding hydrogens is 286 g/mol. The molecule has 3 rings (SSSR count). The minimum absolute atomic E-state index is 0.715. The predicted molar refractivity (Wildman–Crippen MR) is 86.6 cm³/mol. The van der Waals surface area contributed by atoms with E-state index in [0.29, 0.717) is 6.04 Å². The lowest BCUT2D eigenvalue weighted by molar-refractivity contribution is 0.687. The molecule has 2 aromatic rings. The van der Waals surface area contributed by atoms with Crippen LogP contribution in [-0.4, -0.2) is 6.04 Å². The van der Waals surface area contributed by atoms with Crippen LogP contribution in [0.25, 0.3) is 0 Å². The molecule has 20 heavy (non-hydrogen) atoms. The lowest BCUT2D eigenvalue weighted by atomic mass is 10.2. The van der Waals surface area contributed by atoms with Gasteiger partial charge in [0.15, 0.2) is 0 Å². The smallest absolute Gasteiger partial charge is 0.0462 e. The first-order valence-electron chi connectivity index (χ1n) is 6.97. The molecule has 0 radical (unpaired) electrons. The van der Waals surface area contributed by atoms with Crippen molar-refractivity contribution in [3.63, 3.8) is 0 Å². The summed E-state index contributed by atoms with van der Waals surface area (Å²) >= 11 is 8.15. The fraction of sp³-hybridized carbons (Fsp3) is 0.294. The second-order valence-electron chi connectivity index (χ2n) is 5.28. The van der Waals surface area contributed by atoms with Crippen LogP contribution in [-0.2, 0) is 6.54 Å². The van der Waals surface area contributed by atoms with Crippen LogP contribution in [0.3, 0.4) is 0 Å². The van der Waals surface area contributed by atoms with Crippen LogP contribution in [0.5, 0.6) is 0 Å². The number of aryl methyl sites for hydroxylation is 1. The van der Waals surface area contributed by atoms with Gasteiger partial charge >= 0.3 is 0 Å². The molecule has 3 heteroatoms. The highest BCUT2D eigenvalue weighted by Crippen LogP contribution is 2.32. The van der Waals surface area contributed by atoms with Gasteiger partial charge in [-0.1, -0.05) is 47.6 Å². The van der Waals surface area contributed by atoms with E-state index in [0.717, 1.165) is 11.6 Å². The summed E-state index contributed by atoms with van der Waals surface area (Å²) < 4.78 is 0. The summed E-state index contributed by atoms with van der Waals surface area (Å²) in [6.45, 7) is 3.01. The molecule has 1 aliphatic carbocycles. The van der Waals surface area contributed by atoms with Crippen LogP contribution in [0.4, 0.5) is 0 Å². The zero-order valence-corrected chi connectivity index (χ0v) is 13.1. The van der Waals surface area contributed by atoms with Gasteiger partial charge in [0.25, 0.3) is 0 Å². The maximum Gasteiger partial charge on any atom is 0.0462 e. The second kappa shape index (κ2) is 6.21. The second-order valence-corrected chi connectivity index (χ2v) is 6.80. The zero-order chi connectivity index (χ0) is 13.9. The highest BCUT2D eigenvalue weighted by Gasteiger charge is 2.20. The van der Waals surface area contributed by atoms with Gasteiger partial charge in [-0.25, -0.2) is 0 Å². The van der Waals surface area contributed by atoms with E-state index >= 15 is 0 Å². The third kappa shape index (κ3) is 3.57. The van der Waals surface area contributed by atoms with E-state index in [-0.39, 0.29) is 0 Å². The third-order valence-electron chi connectivity index (χ3n) is 3.50. The van der Waals surface area contributed by atoms with Crippen molar-refractivity contribution in [3.05, 3.63) is 58.6 Å². The predicted octanol–water partition coefficient (Wildman–Crippen LogP) is 5.05. The van der Waals surface area contributed by atoms with Gasteiger partial charge in [-0.15, -0.1) is 0 Å². The van der Waals surface area contributed by atoms with Gasteiger partial charge in [0.2, 0.25) is 0 Å². The standard InChI is InChI=1S/C17H18ClNS/c1-12-4-2-3-5-17(12)20-15-9-6-13(16(18)10-15)11-19-14-7-8-14/h2-6,9-10,14,19H,7-8,11H2,1H3. The van der Waals surface area contributed by atoms with Crippen molar-refractivity contribution in [3.8, 4) is 0 Å². The summed E-state index contributed by atoms with van der Waals surface area (Å²) in [5.74, 6) is 0. The van der Waals surface area contributed by atoms with Gasteiger partial charge in [-0.05, 0) is 49.1 Å². The maximum absolute atomic E-state index is 6.39. The van der Waals surface area contributed by atoms with Crippen LogP contribution >= 0.6 is 23.4 Å². The molecule has 0 saturated heterocycles. The molecule has 0 aromatic heterocycles. The number of rotatable bonds is 5. The molecule has 2 aromatic carbocycles. The zero-order valence-electron chi connectivity index (χ0n) is 11.5. The van der Waals surface area contributed by atoms with Crippen LogP contribution < -0.4 is 5.32 Å². The van der Waals surface area contributed by atoms with Crippen molar-refractivity contribution < 1.29 is 0 Å². The first kappa shape index (κ1) is 14.0. The first-order valence-corrected chi connectivity index (χ1v) is 8.17. The van der Waals surface area contributed by atoms with E-state index in [1.54, 1.807) is 11.8 Å². The average molecular weight is 304 g/mol. The van der Waals surface area contributed by atoms with Crippen molar-refractivity contribution in [2.45, 2.75) is 42.1 Å². The van der Waals surface area contributed by atoms with Gasteiger partial charge in [0, 0.05) is 27.4 Å². The summed E-state index contributed by atoms with van der Waals surface area (Å²) in [6.07, 6.45) is 2.61. The van der Waals surface area contributed by atoms with Gasteiger partial charge in [0.05, 0.1) is 0 Å². The number of halogens is 1. The summed E-state index contributed by atoms with van der Waals surface area (Å²) in [4.78, 5) is 2.48. The molecule has 1 fully saturated rings. The average Bonchev–Trinajstić information content (AvgIpc) is 3.25. The van der Waals surface area contributed by atoms with Crippen LogP contribution in [0.15, 0.2) is 52.3 Å². The Morgan fingerprint density at radius 1 is 1.20 bits per heavy atom. The van der Waals surface area contributed by atoms with Crippen molar-refractivity contribution in [1.29, 1.82) is 0 Å². The highest BCUT2D eigenvalue weighted by atomic mass is 35.5. The summed E-state index contributed by atoms with van der Waals surface area (Å²) in [5, 5.41) is 4.36. The normalized spacial score (nSPS) is 14.5. The Balaban J connectivity index is 1.71. The monoisotopic (exact) mass is 303 g/mol. The largest absolute Gasteiger partial charge is 0.310 e. The highest BCUT2D eigenvalue weighted by molar-refractivity contribution is 7.99. The molecular formula is C17H18ClNS. The summed E-state index contributed by atoms with van der Waals surface area (Å²) in [5.41, 5.74) is 2.49. The molecule has 0 atom stereocenters. The molecule has 0 aliphatic heterocycles. The topological polar surface area (TPSA) is 12.0 Å². The fourth-order valence-electron chi connectivity index (χ4n) is 2.07. The summed E-state index contributed by atoms with van der Waals surface area (Å²) in [7, 11) is 0. The minimum Gasteiger partial charge on any atom is -0.310 e. The van der Waals surface area contributed by atoms with Crippen LogP contribution in [0.1, 0.15) is 24.0 Å². The van der Waals surface area contributed by atoms with Crippen molar-refractivity contribution in [2.75, 3.05) is 0 Å². The first-order chi connectivity index (χ1) is 9.72. The van der Waals surface area contributed by atoms with E-state index in [1.807, 2.05) is 0 Å². The SMILES string of the molecule is Cc1ccccc1Sc1ccc(CNC2CC2)c(Cl)c1. The minimum atomic E-state index is 0.715. The van der Waals surface area contributed by atoms with Crippen molar-refractivity contribution in [1.82, 2.24) is 5.32 Å². The lowest BCUT2D eigenvalue weighted by Crippen LogP contribution is -2.15. The molecule has 1 N–H and O–H groups in total. The molecule has 0 spiro atoms. The van der Waals surface area contributed by atoms with E-state index in [4.69, 9.17) is 11.6 Å². The molecule has 0 bridgehead atoms. The number of hydrogen-bond acceptors (Lipinski definition) is 2. The van der Waals surface area contributed by atoms with Crippen LogP contribution in [0, 0.1) is 6.92 Å². The van der Waals surface area contributed by atoms with Crippen molar-refractivity contribution >= 4 is 23.4 Å². The Kier molecular flexibility index (Phi) is 4.35. The van der Waals surface area contributed by atoms with E-state index in [9.17, 15) is 0 Å². The van der Waals surface area contributed by atoms with Gasteiger partial charge in [-0.2, -0.15) is 0 Å². The quantitative estimate of drug-likeness (QED) is 0.829. The Bertz CT molecular complexity index is 608. The Labute approximate surface area is 129 Å². The van der Waals surface area contributed by atoms with E-state index in [2.05, 4.69) is 54.7 Å². The van der Waals surface area contributed by atoms with Crippen molar-refractivity contribution in [2.24, 2.45) is 0 Å². The summed E-state index contributed by atoms with van der Waals surface area (Å²) in [6, 6.07) is 15.5. The number of nitrogens with one attached hydrogen (secondary N) is 1. The molecule has 0 amide bonds. The van der Waals surface area contributed by atoms with E-state index in [1.165, 1.54) is 33.8 Å². The number of hydrogen-bond donors (Lipinski definition) is 1. The molecule has 104 valence electrons. The Morgan fingerprint density at radius 2 is 2.00 bits per heavy atom. The Hall–Kier alpha value is -0.960.